The van der Waals surface area contributed by atoms with Crippen molar-refractivity contribution in [3.05, 3.63) is 51.0 Å². The molecule has 0 spiro atoms. The summed E-state index contributed by atoms with van der Waals surface area (Å²) in [4.78, 5) is 4.13. The van der Waals surface area contributed by atoms with Gasteiger partial charge in [0, 0.05) is 6.20 Å². The van der Waals surface area contributed by atoms with Crippen LogP contribution in [0.5, 0.6) is 5.75 Å². The van der Waals surface area contributed by atoms with E-state index in [-0.39, 0.29) is 6.10 Å². The van der Waals surface area contributed by atoms with E-state index in [1.54, 1.807) is 12.4 Å². The smallest absolute Gasteiger partial charge is 0.148 e. The van der Waals surface area contributed by atoms with Crippen molar-refractivity contribution in [2.24, 2.45) is 5.10 Å². The highest BCUT2D eigenvalue weighted by Crippen LogP contribution is 2.35. The third-order valence-corrected chi connectivity index (χ3v) is 3.61. The number of nitrogens with one attached hydrogen (secondary N) is 1. The Morgan fingerprint density at radius 2 is 1.95 bits per heavy atom. The van der Waals surface area contributed by atoms with Gasteiger partial charge in [-0.15, -0.1) is 0 Å². The Bertz CT molecular complexity index is 607. The molecular weight excluding hydrogens is 398 g/mol. The fourth-order valence-electron chi connectivity index (χ4n) is 1.60. The molecule has 0 aliphatic carbocycles. The van der Waals surface area contributed by atoms with Gasteiger partial charge in [-0.2, -0.15) is 5.10 Å². The predicted molar refractivity (Wildman–Crippen MR) is 93.1 cm³/mol. The van der Waals surface area contributed by atoms with Crippen molar-refractivity contribution in [1.82, 2.24) is 4.98 Å². The van der Waals surface area contributed by atoms with Gasteiger partial charge in [-0.3, -0.25) is 5.43 Å². The van der Waals surface area contributed by atoms with Crippen molar-refractivity contribution in [2.75, 3.05) is 5.43 Å². The van der Waals surface area contributed by atoms with Crippen LogP contribution in [0.3, 0.4) is 0 Å². The van der Waals surface area contributed by atoms with Gasteiger partial charge in [-0.05, 0) is 75.5 Å². The predicted octanol–water partition coefficient (Wildman–Crippen LogP) is 4.84. The molecule has 4 nitrogen and oxygen atoms in total. The van der Waals surface area contributed by atoms with Gasteiger partial charge in [0.05, 0.1) is 21.3 Å². The number of benzene rings is 1. The van der Waals surface area contributed by atoms with Crippen LogP contribution < -0.4 is 10.2 Å². The SMILES string of the molecule is CC(C)Oc1c(Br)cc(/C=N/Nc2ccccn2)cc1Br. The van der Waals surface area contributed by atoms with Gasteiger partial charge >= 0.3 is 0 Å². The van der Waals surface area contributed by atoms with E-state index in [1.165, 1.54) is 0 Å². The molecule has 1 aromatic carbocycles. The number of hydrogen-bond donors (Lipinski definition) is 1. The molecule has 0 unspecified atom stereocenters. The summed E-state index contributed by atoms with van der Waals surface area (Å²) in [7, 11) is 0. The van der Waals surface area contributed by atoms with Gasteiger partial charge in [0.1, 0.15) is 11.6 Å². The van der Waals surface area contributed by atoms with Crippen molar-refractivity contribution in [2.45, 2.75) is 20.0 Å². The van der Waals surface area contributed by atoms with Crippen LogP contribution in [0.15, 0.2) is 50.6 Å². The van der Waals surface area contributed by atoms with Crippen molar-refractivity contribution >= 4 is 43.9 Å². The summed E-state index contributed by atoms with van der Waals surface area (Å²) >= 11 is 7.03. The van der Waals surface area contributed by atoms with Crippen molar-refractivity contribution < 1.29 is 4.74 Å². The van der Waals surface area contributed by atoms with Crippen LogP contribution in [0.4, 0.5) is 5.82 Å². The fraction of sp³-hybridized carbons (Fsp3) is 0.200. The van der Waals surface area contributed by atoms with E-state index in [0.717, 1.165) is 20.3 Å². The lowest BCUT2D eigenvalue weighted by molar-refractivity contribution is 0.239. The summed E-state index contributed by atoms with van der Waals surface area (Å²) in [5.41, 5.74) is 3.81. The quantitative estimate of drug-likeness (QED) is 0.564. The Morgan fingerprint density at radius 3 is 2.52 bits per heavy atom. The highest BCUT2D eigenvalue weighted by atomic mass is 79.9. The number of nitrogens with zero attached hydrogens (tertiary/aromatic N) is 2. The van der Waals surface area contributed by atoms with E-state index >= 15 is 0 Å². The second kappa shape index (κ2) is 7.56. The minimum Gasteiger partial charge on any atom is -0.489 e. The zero-order chi connectivity index (χ0) is 15.2. The molecule has 2 aromatic rings. The number of rotatable bonds is 5. The van der Waals surface area contributed by atoms with Crippen LogP contribution >= 0.6 is 31.9 Å². The maximum atomic E-state index is 5.74. The monoisotopic (exact) mass is 411 g/mol. The summed E-state index contributed by atoms with van der Waals surface area (Å²) in [5, 5.41) is 4.16. The number of aromatic nitrogens is 1. The van der Waals surface area contributed by atoms with Crippen molar-refractivity contribution in [3.8, 4) is 5.75 Å². The van der Waals surface area contributed by atoms with Gasteiger partial charge in [-0.1, -0.05) is 6.07 Å². The highest BCUT2D eigenvalue weighted by Gasteiger charge is 2.09. The molecule has 1 heterocycles. The molecule has 1 N–H and O–H groups in total. The number of halogens is 2. The van der Waals surface area contributed by atoms with Crippen LogP contribution in [-0.2, 0) is 0 Å². The number of anilines is 1. The topological polar surface area (TPSA) is 46.5 Å². The molecule has 2 rings (SSSR count). The first-order valence-electron chi connectivity index (χ1n) is 6.42. The van der Waals surface area contributed by atoms with Gasteiger partial charge < -0.3 is 4.74 Å². The molecular formula is C15H15Br2N3O. The molecule has 0 aliphatic heterocycles. The lowest BCUT2D eigenvalue weighted by Crippen LogP contribution is -2.06. The summed E-state index contributed by atoms with van der Waals surface area (Å²) < 4.78 is 7.50. The second-order valence-corrected chi connectivity index (χ2v) is 6.27. The Hall–Kier alpha value is -1.40. The first kappa shape index (κ1) is 16.0. The van der Waals surface area contributed by atoms with Crippen LogP contribution in [0, 0.1) is 0 Å². The molecule has 0 saturated carbocycles. The maximum absolute atomic E-state index is 5.74. The van der Waals surface area contributed by atoms with E-state index in [0.29, 0.717) is 5.82 Å². The molecule has 0 fully saturated rings. The lowest BCUT2D eigenvalue weighted by atomic mass is 10.2. The van der Waals surface area contributed by atoms with E-state index in [1.807, 2.05) is 44.2 Å². The Labute approximate surface area is 140 Å². The summed E-state index contributed by atoms with van der Waals surface area (Å²) in [5.74, 6) is 1.49. The minimum atomic E-state index is 0.114. The molecule has 0 radical (unpaired) electrons. The highest BCUT2D eigenvalue weighted by molar-refractivity contribution is 9.11. The van der Waals surface area contributed by atoms with Crippen LogP contribution in [0.1, 0.15) is 19.4 Å². The van der Waals surface area contributed by atoms with E-state index in [2.05, 4.69) is 47.4 Å². The molecule has 110 valence electrons. The first-order valence-corrected chi connectivity index (χ1v) is 8.00. The molecule has 0 amide bonds. The third kappa shape index (κ3) is 4.82. The average molecular weight is 413 g/mol. The van der Waals surface area contributed by atoms with Crippen molar-refractivity contribution in [3.63, 3.8) is 0 Å². The van der Waals surface area contributed by atoms with E-state index in [9.17, 15) is 0 Å². The molecule has 0 aliphatic rings. The van der Waals surface area contributed by atoms with Crippen LogP contribution in [-0.4, -0.2) is 17.3 Å². The molecule has 1 aromatic heterocycles. The minimum absolute atomic E-state index is 0.114. The fourth-order valence-corrected chi connectivity index (χ4v) is 3.01. The maximum Gasteiger partial charge on any atom is 0.148 e. The van der Waals surface area contributed by atoms with Crippen LogP contribution in [0.25, 0.3) is 0 Å². The number of pyridine rings is 1. The number of hydrogen-bond acceptors (Lipinski definition) is 4. The molecule has 0 atom stereocenters. The van der Waals surface area contributed by atoms with E-state index < -0.39 is 0 Å². The zero-order valence-corrected chi connectivity index (χ0v) is 14.8. The summed E-state index contributed by atoms with van der Waals surface area (Å²) in [6.07, 6.45) is 3.55. The lowest BCUT2D eigenvalue weighted by Gasteiger charge is -2.13. The molecule has 21 heavy (non-hydrogen) atoms. The first-order chi connectivity index (χ1) is 10.1. The zero-order valence-electron chi connectivity index (χ0n) is 11.7. The standard InChI is InChI=1S/C15H15Br2N3O/c1-10(2)21-15-12(16)7-11(8-13(15)17)9-19-20-14-5-3-4-6-18-14/h3-10H,1-2H3,(H,18,20)/b19-9+. The Kier molecular flexibility index (Phi) is 5.76. The molecule has 6 heteroatoms. The number of ether oxygens (including phenoxy) is 1. The van der Waals surface area contributed by atoms with Gasteiger partial charge in [0.25, 0.3) is 0 Å². The third-order valence-electron chi connectivity index (χ3n) is 2.43. The van der Waals surface area contributed by atoms with Gasteiger partial charge in [-0.25, -0.2) is 4.98 Å². The van der Waals surface area contributed by atoms with Crippen LogP contribution in [0.2, 0.25) is 0 Å². The Morgan fingerprint density at radius 1 is 1.24 bits per heavy atom. The average Bonchev–Trinajstić information content (AvgIpc) is 2.44. The molecule has 0 saturated heterocycles. The summed E-state index contributed by atoms with van der Waals surface area (Å²) in [6.45, 7) is 3.98. The van der Waals surface area contributed by atoms with Gasteiger partial charge in [0.15, 0.2) is 0 Å². The largest absolute Gasteiger partial charge is 0.489 e. The van der Waals surface area contributed by atoms with E-state index in [4.69, 9.17) is 4.74 Å². The van der Waals surface area contributed by atoms with Gasteiger partial charge in [0.2, 0.25) is 0 Å². The Balaban J connectivity index is 2.11. The number of hydrazone groups is 1. The second-order valence-electron chi connectivity index (χ2n) is 4.57. The normalized spacial score (nSPS) is 11.1. The molecule has 0 bridgehead atoms. The summed E-state index contributed by atoms with van der Waals surface area (Å²) in [6, 6.07) is 9.51. The van der Waals surface area contributed by atoms with Crippen molar-refractivity contribution in [1.29, 1.82) is 0 Å².